The van der Waals surface area contributed by atoms with Gasteiger partial charge in [-0.05, 0) is 37.5 Å². The number of rotatable bonds is 3. The van der Waals surface area contributed by atoms with E-state index in [-0.39, 0.29) is 24.4 Å². The number of nitrogens with one attached hydrogen (secondary N) is 2. The highest BCUT2D eigenvalue weighted by molar-refractivity contribution is 6.07. The molecule has 2 N–H and O–H groups in total. The summed E-state index contributed by atoms with van der Waals surface area (Å²) in [5.41, 5.74) is 1.69. The summed E-state index contributed by atoms with van der Waals surface area (Å²) in [7, 11) is 0. The number of likely N-dealkylation sites (tertiary alicyclic amines) is 1. The van der Waals surface area contributed by atoms with E-state index in [0.717, 1.165) is 11.1 Å². The maximum absolute atomic E-state index is 13.0. The van der Waals surface area contributed by atoms with Crippen LogP contribution < -0.4 is 5.32 Å². The standard InChI is InChI=1S/C20H22N4O3/c1-14-4-6-15(7-5-14)13-24-18(26)20(22-19(24)27)8-11-23(12-9-20)17(25)16-3-2-10-21-16/h2-7,10,21H,8-9,11-13H2,1H3,(H,22,27). The Labute approximate surface area is 157 Å². The van der Waals surface area contributed by atoms with Gasteiger partial charge in [-0.25, -0.2) is 4.79 Å². The van der Waals surface area contributed by atoms with Crippen LogP contribution in [0.2, 0.25) is 0 Å². The first-order valence-corrected chi connectivity index (χ1v) is 9.11. The number of amides is 4. The summed E-state index contributed by atoms with van der Waals surface area (Å²) >= 11 is 0. The fourth-order valence-corrected chi connectivity index (χ4v) is 3.76. The summed E-state index contributed by atoms with van der Waals surface area (Å²) in [4.78, 5) is 43.8. The van der Waals surface area contributed by atoms with E-state index < -0.39 is 5.54 Å². The number of benzene rings is 1. The molecule has 140 valence electrons. The smallest absolute Gasteiger partial charge is 0.325 e. The number of hydrogen-bond donors (Lipinski definition) is 2. The minimum absolute atomic E-state index is 0.0804. The number of H-pyrrole nitrogens is 1. The summed E-state index contributed by atoms with van der Waals surface area (Å²) < 4.78 is 0. The molecule has 0 unspecified atom stereocenters. The van der Waals surface area contributed by atoms with E-state index in [9.17, 15) is 14.4 Å². The van der Waals surface area contributed by atoms with E-state index >= 15 is 0 Å². The molecule has 3 heterocycles. The van der Waals surface area contributed by atoms with Crippen LogP contribution in [0.4, 0.5) is 4.79 Å². The zero-order valence-corrected chi connectivity index (χ0v) is 15.2. The van der Waals surface area contributed by atoms with Crippen molar-refractivity contribution in [2.45, 2.75) is 31.8 Å². The molecule has 27 heavy (non-hydrogen) atoms. The first kappa shape index (κ1) is 17.3. The van der Waals surface area contributed by atoms with Crippen molar-refractivity contribution in [3.8, 4) is 0 Å². The van der Waals surface area contributed by atoms with Crippen LogP contribution in [0.1, 0.15) is 34.5 Å². The molecule has 1 aromatic heterocycles. The molecule has 4 amide bonds. The van der Waals surface area contributed by atoms with Crippen LogP contribution in [0.15, 0.2) is 42.6 Å². The average Bonchev–Trinajstić information content (AvgIpc) is 3.28. The molecule has 0 radical (unpaired) electrons. The molecular weight excluding hydrogens is 344 g/mol. The third-order valence-electron chi connectivity index (χ3n) is 5.44. The Morgan fingerprint density at radius 2 is 1.81 bits per heavy atom. The van der Waals surface area contributed by atoms with Crippen molar-refractivity contribution in [3.05, 3.63) is 59.4 Å². The highest BCUT2D eigenvalue weighted by atomic mass is 16.2. The lowest BCUT2D eigenvalue weighted by molar-refractivity contribution is -0.133. The van der Waals surface area contributed by atoms with Crippen molar-refractivity contribution in [1.29, 1.82) is 0 Å². The largest absolute Gasteiger partial charge is 0.357 e. The van der Waals surface area contributed by atoms with Crippen molar-refractivity contribution in [2.75, 3.05) is 13.1 Å². The number of urea groups is 1. The van der Waals surface area contributed by atoms with Gasteiger partial charge in [0.25, 0.3) is 11.8 Å². The van der Waals surface area contributed by atoms with Gasteiger partial charge in [0, 0.05) is 19.3 Å². The van der Waals surface area contributed by atoms with Gasteiger partial charge in [-0.15, -0.1) is 0 Å². The van der Waals surface area contributed by atoms with Crippen LogP contribution >= 0.6 is 0 Å². The summed E-state index contributed by atoms with van der Waals surface area (Å²) in [5.74, 6) is -0.275. The monoisotopic (exact) mass is 366 g/mol. The lowest BCUT2D eigenvalue weighted by Gasteiger charge is -2.37. The molecule has 1 spiro atoms. The number of aryl methyl sites for hydroxylation is 1. The number of aromatic nitrogens is 1. The van der Waals surface area contributed by atoms with Crippen molar-refractivity contribution < 1.29 is 14.4 Å². The highest BCUT2D eigenvalue weighted by Gasteiger charge is 2.52. The molecule has 2 saturated heterocycles. The van der Waals surface area contributed by atoms with E-state index in [1.807, 2.05) is 31.2 Å². The van der Waals surface area contributed by atoms with E-state index in [1.165, 1.54) is 4.90 Å². The minimum atomic E-state index is -0.895. The molecule has 2 aliphatic heterocycles. The molecule has 1 aromatic carbocycles. The quantitative estimate of drug-likeness (QED) is 0.816. The molecule has 2 aromatic rings. The molecule has 0 bridgehead atoms. The number of hydrogen-bond acceptors (Lipinski definition) is 3. The van der Waals surface area contributed by atoms with Gasteiger partial charge in [-0.2, -0.15) is 0 Å². The lowest BCUT2D eigenvalue weighted by Crippen LogP contribution is -2.55. The fraction of sp³-hybridized carbons (Fsp3) is 0.350. The molecular formula is C20H22N4O3. The summed E-state index contributed by atoms with van der Waals surface area (Å²) in [6.07, 6.45) is 2.56. The Morgan fingerprint density at radius 3 is 2.44 bits per heavy atom. The number of aromatic amines is 1. The molecule has 7 heteroatoms. The van der Waals surface area contributed by atoms with Crippen molar-refractivity contribution in [1.82, 2.24) is 20.1 Å². The summed E-state index contributed by atoms with van der Waals surface area (Å²) in [6.45, 7) is 3.12. The van der Waals surface area contributed by atoms with Crippen molar-refractivity contribution in [3.63, 3.8) is 0 Å². The third-order valence-corrected chi connectivity index (χ3v) is 5.44. The predicted octanol–water partition coefficient (Wildman–Crippen LogP) is 2.05. The Hall–Kier alpha value is -3.09. The average molecular weight is 366 g/mol. The van der Waals surface area contributed by atoms with Gasteiger partial charge >= 0.3 is 6.03 Å². The Kier molecular flexibility index (Phi) is 4.22. The first-order chi connectivity index (χ1) is 13.0. The van der Waals surface area contributed by atoms with E-state index in [4.69, 9.17) is 0 Å². The normalized spacial score (nSPS) is 18.9. The van der Waals surface area contributed by atoms with Crippen LogP contribution in [-0.4, -0.2) is 51.3 Å². The summed E-state index contributed by atoms with van der Waals surface area (Å²) in [5, 5.41) is 2.89. The van der Waals surface area contributed by atoms with Gasteiger partial charge < -0.3 is 15.2 Å². The zero-order valence-electron chi connectivity index (χ0n) is 15.2. The van der Waals surface area contributed by atoms with E-state index in [1.54, 1.807) is 23.2 Å². The van der Waals surface area contributed by atoms with Crippen molar-refractivity contribution in [2.24, 2.45) is 0 Å². The molecule has 4 rings (SSSR count). The van der Waals surface area contributed by atoms with Crippen molar-refractivity contribution >= 4 is 17.8 Å². The second-order valence-electron chi connectivity index (χ2n) is 7.27. The number of carbonyl (C=O) groups is 3. The maximum Gasteiger partial charge on any atom is 0.325 e. The SMILES string of the molecule is Cc1ccc(CN2C(=O)NC3(CCN(C(=O)c4ccc[nH]4)CC3)C2=O)cc1. The van der Waals surface area contributed by atoms with Gasteiger partial charge in [0.05, 0.1) is 6.54 Å². The highest BCUT2D eigenvalue weighted by Crippen LogP contribution is 2.31. The van der Waals surface area contributed by atoms with E-state index in [2.05, 4.69) is 10.3 Å². The van der Waals surface area contributed by atoms with Crippen LogP contribution in [-0.2, 0) is 11.3 Å². The van der Waals surface area contributed by atoms with Crippen LogP contribution in [0.5, 0.6) is 0 Å². The lowest BCUT2D eigenvalue weighted by atomic mass is 9.87. The first-order valence-electron chi connectivity index (χ1n) is 9.11. The second kappa shape index (κ2) is 6.57. The Balaban J connectivity index is 1.44. The predicted molar refractivity (Wildman–Crippen MR) is 98.9 cm³/mol. The van der Waals surface area contributed by atoms with Crippen LogP contribution in [0, 0.1) is 6.92 Å². The van der Waals surface area contributed by atoms with Gasteiger partial charge in [-0.1, -0.05) is 29.8 Å². The number of piperidine rings is 1. The molecule has 0 saturated carbocycles. The van der Waals surface area contributed by atoms with E-state index in [0.29, 0.717) is 31.6 Å². The maximum atomic E-state index is 13.0. The van der Waals surface area contributed by atoms with Crippen LogP contribution in [0.3, 0.4) is 0 Å². The summed E-state index contributed by atoms with van der Waals surface area (Å²) in [6, 6.07) is 10.9. The molecule has 2 aliphatic rings. The molecule has 0 atom stereocenters. The molecule has 7 nitrogen and oxygen atoms in total. The molecule has 0 aliphatic carbocycles. The number of imide groups is 1. The number of carbonyl (C=O) groups excluding carboxylic acids is 3. The van der Waals surface area contributed by atoms with Gasteiger partial charge in [0.1, 0.15) is 11.2 Å². The second-order valence-corrected chi connectivity index (χ2v) is 7.27. The van der Waals surface area contributed by atoms with Crippen LogP contribution in [0.25, 0.3) is 0 Å². The molecule has 2 fully saturated rings. The number of nitrogens with zero attached hydrogens (tertiary/aromatic N) is 2. The van der Waals surface area contributed by atoms with Gasteiger partial charge in [0.15, 0.2) is 0 Å². The minimum Gasteiger partial charge on any atom is -0.357 e. The van der Waals surface area contributed by atoms with Gasteiger partial charge in [-0.3, -0.25) is 14.5 Å². The fourth-order valence-electron chi connectivity index (χ4n) is 3.76. The Morgan fingerprint density at radius 1 is 1.11 bits per heavy atom. The Bertz CT molecular complexity index is 865. The topological polar surface area (TPSA) is 85.5 Å². The zero-order chi connectivity index (χ0) is 19.0. The van der Waals surface area contributed by atoms with Gasteiger partial charge in [0.2, 0.25) is 0 Å². The third kappa shape index (κ3) is 3.09.